The maximum atomic E-state index is 6.21. The Morgan fingerprint density at radius 3 is 2.00 bits per heavy atom. The summed E-state index contributed by atoms with van der Waals surface area (Å²) in [5.41, 5.74) is 7.08. The van der Waals surface area contributed by atoms with Crippen molar-refractivity contribution >= 4 is 0 Å². The molecule has 0 amide bonds. The first kappa shape index (κ1) is 15.3. The first-order valence-electron chi connectivity index (χ1n) is 8.34. The Kier molecular flexibility index (Phi) is 4.62. The molecule has 2 N–H and O–H groups in total. The lowest BCUT2D eigenvalue weighted by atomic mass is 9.68. The van der Waals surface area contributed by atoms with Crippen LogP contribution in [0.4, 0.5) is 0 Å². The molecule has 0 aromatic heterocycles. The van der Waals surface area contributed by atoms with Gasteiger partial charge in [0.25, 0.3) is 0 Å². The van der Waals surface area contributed by atoms with Gasteiger partial charge >= 0.3 is 0 Å². The number of nitrogens with zero attached hydrogens (tertiary/aromatic N) is 1. The van der Waals surface area contributed by atoms with Gasteiger partial charge in [0.15, 0.2) is 0 Å². The predicted molar refractivity (Wildman–Crippen MR) is 83.2 cm³/mol. The molecule has 2 aliphatic rings. The van der Waals surface area contributed by atoms with Crippen LogP contribution in [0.1, 0.15) is 66.2 Å². The highest BCUT2D eigenvalue weighted by Gasteiger charge is 2.42. The van der Waals surface area contributed by atoms with Gasteiger partial charge in [-0.3, -0.25) is 4.90 Å². The van der Waals surface area contributed by atoms with Gasteiger partial charge in [0.1, 0.15) is 0 Å². The van der Waals surface area contributed by atoms with Gasteiger partial charge in [-0.25, -0.2) is 0 Å². The largest absolute Gasteiger partial charge is 0.329 e. The molecule has 1 heterocycles. The van der Waals surface area contributed by atoms with Crippen LogP contribution in [0.5, 0.6) is 0 Å². The van der Waals surface area contributed by atoms with Gasteiger partial charge in [-0.1, -0.05) is 27.7 Å². The van der Waals surface area contributed by atoms with Gasteiger partial charge in [0.2, 0.25) is 0 Å². The lowest BCUT2D eigenvalue weighted by Gasteiger charge is -2.52. The van der Waals surface area contributed by atoms with Crippen LogP contribution in [0.2, 0.25) is 0 Å². The maximum absolute atomic E-state index is 6.21. The van der Waals surface area contributed by atoms with Crippen LogP contribution in [0.25, 0.3) is 0 Å². The zero-order valence-electron chi connectivity index (χ0n) is 13.5. The third-order valence-corrected chi connectivity index (χ3v) is 6.07. The monoisotopic (exact) mass is 266 g/mol. The third-order valence-electron chi connectivity index (χ3n) is 6.07. The van der Waals surface area contributed by atoms with E-state index in [1.807, 2.05) is 0 Å². The van der Waals surface area contributed by atoms with Crippen LogP contribution in [0.3, 0.4) is 0 Å². The van der Waals surface area contributed by atoms with Crippen molar-refractivity contribution < 1.29 is 0 Å². The summed E-state index contributed by atoms with van der Waals surface area (Å²) in [7, 11) is 0. The molecule has 1 aliphatic heterocycles. The predicted octanol–water partition coefficient (Wildman–Crippen LogP) is 3.65. The Labute approximate surface area is 120 Å². The molecule has 0 aromatic rings. The molecule has 2 heteroatoms. The Bertz CT molecular complexity index is 278. The Balaban J connectivity index is 1.96. The van der Waals surface area contributed by atoms with Gasteiger partial charge in [-0.15, -0.1) is 0 Å². The summed E-state index contributed by atoms with van der Waals surface area (Å²) in [5.74, 6) is 1.78. The molecule has 1 saturated carbocycles. The second-order valence-corrected chi connectivity index (χ2v) is 8.16. The molecular weight excluding hydrogens is 232 g/mol. The fourth-order valence-corrected chi connectivity index (χ4v) is 4.08. The van der Waals surface area contributed by atoms with Crippen molar-refractivity contribution in [3.05, 3.63) is 0 Å². The zero-order valence-corrected chi connectivity index (χ0v) is 13.5. The smallest absolute Gasteiger partial charge is 0.0332 e. The van der Waals surface area contributed by atoms with Gasteiger partial charge in [-0.2, -0.15) is 0 Å². The molecule has 112 valence electrons. The van der Waals surface area contributed by atoms with Crippen molar-refractivity contribution in [1.29, 1.82) is 0 Å². The maximum Gasteiger partial charge on any atom is 0.0332 e. The second kappa shape index (κ2) is 5.73. The van der Waals surface area contributed by atoms with Crippen LogP contribution in [-0.2, 0) is 0 Å². The number of nitrogens with two attached hydrogens (primary N) is 1. The highest BCUT2D eigenvalue weighted by atomic mass is 15.2. The van der Waals surface area contributed by atoms with E-state index in [1.165, 1.54) is 51.6 Å². The van der Waals surface area contributed by atoms with E-state index in [0.717, 1.165) is 18.4 Å². The molecule has 0 spiro atoms. The molecule has 19 heavy (non-hydrogen) atoms. The van der Waals surface area contributed by atoms with Crippen molar-refractivity contribution in [1.82, 2.24) is 4.90 Å². The Morgan fingerprint density at radius 1 is 1.05 bits per heavy atom. The van der Waals surface area contributed by atoms with E-state index in [-0.39, 0.29) is 0 Å². The summed E-state index contributed by atoms with van der Waals surface area (Å²) in [6, 6.07) is 0. The van der Waals surface area contributed by atoms with E-state index in [0.29, 0.717) is 11.0 Å². The summed E-state index contributed by atoms with van der Waals surface area (Å²) in [6.07, 6.45) is 8.06. The molecule has 2 rings (SSSR count). The van der Waals surface area contributed by atoms with Crippen LogP contribution in [0, 0.1) is 17.3 Å². The van der Waals surface area contributed by atoms with Crippen molar-refractivity contribution in [2.24, 2.45) is 23.0 Å². The minimum Gasteiger partial charge on any atom is -0.329 e. The lowest BCUT2D eigenvalue weighted by Crippen LogP contribution is -2.58. The van der Waals surface area contributed by atoms with Gasteiger partial charge < -0.3 is 5.73 Å². The van der Waals surface area contributed by atoms with Crippen LogP contribution >= 0.6 is 0 Å². The average molecular weight is 266 g/mol. The second-order valence-electron chi connectivity index (χ2n) is 8.16. The van der Waals surface area contributed by atoms with E-state index >= 15 is 0 Å². The lowest BCUT2D eigenvalue weighted by molar-refractivity contribution is -0.00383. The average Bonchev–Trinajstić information content (AvgIpc) is 2.40. The summed E-state index contributed by atoms with van der Waals surface area (Å²) in [5, 5.41) is 0. The normalized spacial score (nSPS) is 28.7. The van der Waals surface area contributed by atoms with Gasteiger partial charge in [0.05, 0.1) is 0 Å². The summed E-state index contributed by atoms with van der Waals surface area (Å²) >= 11 is 0. The zero-order chi connectivity index (χ0) is 14.1. The molecule has 1 aliphatic carbocycles. The molecular formula is C17H34N2. The number of hydrogen-bond donors (Lipinski definition) is 1. The summed E-state index contributed by atoms with van der Waals surface area (Å²) in [4.78, 5) is 2.75. The minimum absolute atomic E-state index is 0.331. The summed E-state index contributed by atoms with van der Waals surface area (Å²) < 4.78 is 0. The molecule has 1 saturated heterocycles. The number of likely N-dealkylation sites (tertiary alicyclic amines) is 1. The van der Waals surface area contributed by atoms with E-state index in [1.54, 1.807) is 0 Å². The fourth-order valence-electron chi connectivity index (χ4n) is 4.08. The van der Waals surface area contributed by atoms with E-state index in [9.17, 15) is 0 Å². The fraction of sp³-hybridized carbons (Fsp3) is 1.00. The highest BCUT2D eigenvalue weighted by molar-refractivity contribution is 4.99. The van der Waals surface area contributed by atoms with E-state index in [4.69, 9.17) is 5.73 Å². The molecule has 0 unspecified atom stereocenters. The van der Waals surface area contributed by atoms with Gasteiger partial charge in [0, 0.05) is 12.1 Å². The Morgan fingerprint density at radius 2 is 1.58 bits per heavy atom. The van der Waals surface area contributed by atoms with Crippen LogP contribution in [-0.4, -0.2) is 30.1 Å². The molecule has 0 atom stereocenters. The molecule has 2 nitrogen and oxygen atoms in total. The van der Waals surface area contributed by atoms with Gasteiger partial charge in [-0.05, 0) is 68.9 Å². The van der Waals surface area contributed by atoms with Crippen LogP contribution < -0.4 is 5.73 Å². The van der Waals surface area contributed by atoms with Crippen molar-refractivity contribution in [2.45, 2.75) is 71.8 Å². The Hall–Kier alpha value is -0.0800. The first-order chi connectivity index (χ1) is 8.88. The number of piperidine rings is 1. The first-order valence-corrected chi connectivity index (χ1v) is 8.34. The molecule has 0 bridgehead atoms. The standard InChI is InChI=1S/C17H34N2/c1-14(2)15-5-11-19(12-6-15)17(13-18)9-7-16(3,4)8-10-17/h14-15H,5-13,18H2,1-4H3. The SMILES string of the molecule is CC(C)C1CCN(C2(CN)CCC(C)(C)CC2)CC1. The minimum atomic E-state index is 0.331. The number of rotatable bonds is 3. The molecule has 0 aromatic carbocycles. The molecule has 0 radical (unpaired) electrons. The highest BCUT2D eigenvalue weighted by Crippen LogP contribution is 2.43. The number of hydrogen-bond acceptors (Lipinski definition) is 2. The quantitative estimate of drug-likeness (QED) is 0.845. The topological polar surface area (TPSA) is 29.3 Å². The van der Waals surface area contributed by atoms with Crippen molar-refractivity contribution in [3.8, 4) is 0 Å². The molecule has 2 fully saturated rings. The summed E-state index contributed by atoms with van der Waals surface area (Å²) in [6.45, 7) is 13.0. The van der Waals surface area contributed by atoms with E-state index in [2.05, 4.69) is 32.6 Å². The van der Waals surface area contributed by atoms with E-state index < -0.39 is 0 Å². The van der Waals surface area contributed by atoms with Crippen LogP contribution in [0.15, 0.2) is 0 Å². The third kappa shape index (κ3) is 3.33. The van der Waals surface area contributed by atoms with Crippen molar-refractivity contribution in [3.63, 3.8) is 0 Å². The van der Waals surface area contributed by atoms with Crippen molar-refractivity contribution in [2.75, 3.05) is 19.6 Å².